The zero-order valence-electron chi connectivity index (χ0n) is 19.2. The Kier molecular flexibility index (Phi) is 8.48. The van der Waals surface area contributed by atoms with Crippen LogP contribution in [0.2, 0.25) is 0 Å². The average molecular weight is 468 g/mol. The van der Waals surface area contributed by atoms with E-state index in [1.807, 2.05) is 41.8 Å². The summed E-state index contributed by atoms with van der Waals surface area (Å²) in [6, 6.07) is 15.3. The Balaban J connectivity index is 1.83. The molecule has 8 nitrogen and oxygen atoms in total. The predicted molar refractivity (Wildman–Crippen MR) is 130 cm³/mol. The van der Waals surface area contributed by atoms with Crippen molar-refractivity contribution in [3.63, 3.8) is 0 Å². The third-order valence-electron chi connectivity index (χ3n) is 5.02. The van der Waals surface area contributed by atoms with Crippen LogP contribution in [0.25, 0.3) is 11.4 Å². The number of aryl methyl sites for hydroxylation is 1. The zero-order valence-corrected chi connectivity index (χ0v) is 20.0. The van der Waals surface area contributed by atoms with Crippen LogP contribution < -0.4 is 15.4 Å². The van der Waals surface area contributed by atoms with Crippen molar-refractivity contribution >= 4 is 29.3 Å². The number of primary amides is 1. The highest BCUT2D eigenvalue weighted by atomic mass is 32.2. The maximum atomic E-state index is 13.2. The Morgan fingerprint density at radius 1 is 1.15 bits per heavy atom. The van der Waals surface area contributed by atoms with E-state index in [1.54, 1.807) is 24.1 Å². The van der Waals surface area contributed by atoms with E-state index in [-0.39, 0.29) is 24.6 Å². The highest BCUT2D eigenvalue weighted by Gasteiger charge is 2.22. The van der Waals surface area contributed by atoms with Crippen molar-refractivity contribution in [2.24, 2.45) is 5.73 Å². The van der Waals surface area contributed by atoms with Gasteiger partial charge in [-0.3, -0.25) is 9.59 Å². The lowest BCUT2D eigenvalue weighted by molar-refractivity contribution is -0.118. The standard InChI is InChI=1S/C24H29N5O3S/c1-4-13-29-23(18-9-7-8-17(2)15-18)26-27-24(29)33-16-22(31)28(14-12-21(25)30)19-10-5-6-11-20(19)32-3/h5-11,15H,4,12-14,16H2,1-3H3,(H2,25,30). The summed E-state index contributed by atoms with van der Waals surface area (Å²) in [5.74, 6) is 0.823. The summed E-state index contributed by atoms with van der Waals surface area (Å²) < 4.78 is 7.46. The summed E-state index contributed by atoms with van der Waals surface area (Å²) in [4.78, 5) is 26.2. The van der Waals surface area contributed by atoms with Crippen molar-refractivity contribution in [2.75, 3.05) is 24.3 Å². The maximum absolute atomic E-state index is 13.2. The van der Waals surface area contributed by atoms with Crippen molar-refractivity contribution in [3.8, 4) is 17.1 Å². The maximum Gasteiger partial charge on any atom is 0.237 e. The molecule has 0 unspecified atom stereocenters. The van der Waals surface area contributed by atoms with E-state index in [1.165, 1.54) is 11.8 Å². The Morgan fingerprint density at radius 2 is 1.94 bits per heavy atom. The molecule has 9 heteroatoms. The minimum Gasteiger partial charge on any atom is -0.495 e. The second-order valence-corrected chi connectivity index (χ2v) is 8.49. The van der Waals surface area contributed by atoms with E-state index in [0.29, 0.717) is 16.6 Å². The Hall–Kier alpha value is -3.33. The molecule has 1 aromatic heterocycles. The van der Waals surface area contributed by atoms with Crippen molar-refractivity contribution in [2.45, 2.75) is 38.4 Å². The Bertz CT molecular complexity index is 1110. The second-order valence-electron chi connectivity index (χ2n) is 7.55. The molecular weight excluding hydrogens is 438 g/mol. The smallest absolute Gasteiger partial charge is 0.237 e. The highest BCUT2D eigenvalue weighted by Crippen LogP contribution is 2.30. The molecule has 0 atom stereocenters. The van der Waals surface area contributed by atoms with Crippen LogP contribution in [0.4, 0.5) is 5.69 Å². The predicted octanol–water partition coefficient (Wildman–Crippen LogP) is 3.67. The van der Waals surface area contributed by atoms with E-state index in [2.05, 4.69) is 23.2 Å². The molecule has 3 rings (SSSR count). The summed E-state index contributed by atoms with van der Waals surface area (Å²) >= 11 is 1.33. The van der Waals surface area contributed by atoms with Gasteiger partial charge >= 0.3 is 0 Å². The normalized spacial score (nSPS) is 10.8. The molecule has 2 aromatic carbocycles. The molecule has 0 saturated heterocycles. The molecule has 0 aliphatic carbocycles. The number of anilines is 1. The zero-order chi connectivity index (χ0) is 23.8. The Morgan fingerprint density at radius 3 is 2.64 bits per heavy atom. The lowest BCUT2D eigenvalue weighted by atomic mass is 10.1. The fourth-order valence-electron chi connectivity index (χ4n) is 3.48. The van der Waals surface area contributed by atoms with Crippen LogP contribution >= 0.6 is 11.8 Å². The van der Waals surface area contributed by atoms with Gasteiger partial charge in [0.05, 0.1) is 18.6 Å². The minimum absolute atomic E-state index is 0.0536. The largest absolute Gasteiger partial charge is 0.495 e. The van der Waals surface area contributed by atoms with Crippen LogP contribution in [0, 0.1) is 6.92 Å². The van der Waals surface area contributed by atoms with Crippen molar-refractivity contribution in [3.05, 3.63) is 54.1 Å². The van der Waals surface area contributed by atoms with E-state index < -0.39 is 5.91 Å². The third kappa shape index (κ3) is 6.13. The van der Waals surface area contributed by atoms with E-state index in [4.69, 9.17) is 10.5 Å². The third-order valence-corrected chi connectivity index (χ3v) is 5.98. The van der Waals surface area contributed by atoms with Gasteiger partial charge in [-0.25, -0.2) is 0 Å². The number of benzene rings is 2. The molecule has 0 aliphatic rings. The van der Waals surface area contributed by atoms with Crippen LogP contribution in [0.15, 0.2) is 53.7 Å². The first-order valence-corrected chi connectivity index (χ1v) is 11.8. The number of thioether (sulfide) groups is 1. The molecule has 174 valence electrons. The SMILES string of the molecule is CCCn1c(SCC(=O)N(CCC(N)=O)c2ccccc2OC)nnc1-c1cccc(C)c1. The van der Waals surface area contributed by atoms with E-state index in [0.717, 1.165) is 29.9 Å². The number of rotatable bonds is 11. The molecule has 0 radical (unpaired) electrons. The number of methoxy groups -OCH3 is 1. The number of carbonyl (C=O) groups is 2. The quantitative estimate of drug-likeness (QED) is 0.432. The number of ether oxygens (including phenoxy) is 1. The van der Waals surface area contributed by atoms with Gasteiger partial charge in [-0.15, -0.1) is 10.2 Å². The summed E-state index contributed by atoms with van der Waals surface area (Å²) in [6.07, 6.45) is 0.961. The van der Waals surface area contributed by atoms with Crippen molar-refractivity contribution in [1.29, 1.82) is 0 Å². The molecule has 3 aromatic rings. The van der Waals surface area contributed by atoms with Crippen LogP contribution in [0.1, 0.15) is 25.3 Å². The first-order chi connectivity index (χ1) is 15.9. The number of hydrogen-bond acceptors (Lipinski definition) is 6. The molecule has 2 amide bonds. The molecular formula is C24H29N5O3S. The van der Waals surface area contributed by atoms with E-state index in [9.17, 15) is 9.59 Å². The lowest BCUT2D eigenvalue weighted by Gasteiger charge is -2.24. The van der Waals surface area contributed by atoms with Gasteiger partial charge in [0.15, 0.2) is 11.0 Å². The van der Waals surface area contributed by atoms with Crippen LogP contribution in [-0.4, -0.2) is 46.0 Å². The first kappa shape index (κ1) is 24.3. The van der Waals surface area contributed by atoms with Gasteiger partial charge in [-0.1, -0.05) is 54.6 Å². The van der Waals surface area contributed by atoms with Gasteiger partial charge < -0.3 is 19.9 Å². The number of aromatic nitrogens is 3. The number of para-hydroxylation sites is 2. The monoisotopic (exact) mass is 467 g/mol. The molecule has 2 N–H and O–H groups in total. The summed E-state index contributed by atoms with van der Waals surface area (Å²) in [5, 5.41) is 9.44. The summed E-state index contributed by atoms with van der Waals surface area (Å²) in [5.41, 5.74) is 8.08. The number of carbonyl (C=O) groups excluding carboxylic acids is 2. The fourth-order valence-corrected chi connectivity index (χ4v) is 4.32. The van der Waals surface area contributed by atoms with Crippen LogP contribution in [-0.2, 0) is 16.1 Å². The number of nitrogens with two attached hydrogens (primary N) is 1. The van der Waals surface area contributed by atoms with Crippen molar-refractivity contribution < 1.29 is 14.3 Å². The molecule has 0 spiro atoms. The Labute approximate surface area is 198 Å². The average Bonchev–Trinajstić information content (AvgIpc) is 3.20. The number of hydrogen-bond donors (Lipinski definition) is 1. The van der Waals surface area contributed by atoms with E-state index >= 15 is 0 Å². The summed E-state index contributed by atoms with van der Waals surface area (Å²) in [6.45, 7) is 5.04. The van der Waals surface area contributed by atoms with Gasteiger partial charge in [-0.05, 0) is 31.5 Å². The van der Waals surface area contributed by atoms with Crippen LogP contribution in [0.5, 0.6) is 5.75 Å². The lowest BCUT2D eigenvalue weighted by Crippen LogP contribution is -2.35. The van der Waals surface area contributed by atoms with Gasteiger partial charge in [-0.2, -0.15) is 0 Å². The van der Waals surface area contributed by atoms with Gasteiger partial charge in [0.2, 0.25) is 11.8 Å². The van der Waals surface area contributed by atoms with Crippen molar-refractivity contribution in [1.82, 2.24) is 14.8 Å². The topological polar surface area (TPSA) is 103 Å². The molecule has 1 heterocycles. The fraction of sp³-hybridized carbons (Fsp3) is 0.333. The molecule has 0 saturated carbocycles. The van der Waals surface area contributed by atoms with Gasteiger partial charge in [0, 0.05) is 25.1 Å². The second kappa shape index (κ2) is 11.5. The summed E-state index contributed by atoms with van der Waals surface area (Å²) in [7, 11) is 1.55. The molecule has 0 bridgehead atoms. The van der Waals surface area contributed by atoms with Gasteiger partial charge in [0.25, 0.3) is 0 Å². The minimum atomic E-state index is -0.471. The number of amides is 2. The highest BCUT2D eigenvalue weighted by molar-refractivity contribution is 7.99. The first-order valence-electron chi connectivity index (χ1n) is 10.8. The molecule has 33 heavy (non-hydrogen) atoms. The van der Waals surface area contributed by atoms with Crippen LogP contribution in [0.3, 0.4) is 0 Å². The molecule has 0 fully saturated rings. The van der Waals surface area contributed by atoms with Gasteiger partial charge in [0.1, 0.15) is 5.75 Å². The molecule has 0 aliphatic heterocycles. The number of nitrogens with zero attached hydrogens (tertiary/aromatic N) is 4.